The first kappa shape index (κ1) is 12.0. The van der Waals surface area contributed by atoms with E-state index in [2.05, 4.69) is 0 Å². The molecular weight excluding hydrogens is 197 g/mol. The summed E-state index contributed by atoms with van der Waals surface area (Å²) < 4.78 is 10.1. The third-order valence-corrected chi connectivity index (χ3v) is 1.98. The van der Waals surface area contributed by atoms with Crippen molar-refractivity contribution in [2.75, 3.05) is 20.1 Å². The molecule has 0 atom stereocenters. The minimum absolute atomic E-state index is 0.113. The lowest BCUT2D eigenvalue weighted by atomic mass is 9.61. The van der Waals surface area contributed by atoms with Gasteiger partial charge >= 0.3 is 19.1 Å². The maximum absolute atomic E-state index is 11.4. The summed E-state index contributed by atoms with van der Waals surface area (Å²) in [6, 6.07) is 0. The highest BCUT2D eigenvalue weighted by Crippen LogP contribution is 2.28. The maximum atomic E-state index is 11.4. The average Bonchev–Trinajstić information content (AvgIpc) is 1.97. The number of hydrogen-bond donors (Lipinski definition) is 0. The summed E-state index contributed by atoms with van der Waals surface area (Å²) in [6.07, 6.45) is 0. The zero-order valence-corrected chi connectivity index (χ0v) is 9.57. The second kappa shape index (κ2) is 4.22. The summed E-state index contributed by atoms with van der Waals surface area (Å²) in [4.78, 5) is 24.3. The van der Waals surface area contributed by atoms with Crippen molar-refractivity contribution in [2.24, 2.45) is 0 Å². The molecule has 0 amide bonds. The molecule has 0 aliphatic carbocycles. The normalized spacial score (nSPS) is 20.4. The van der Waals surface area contributed by atoms with Crippen molar-refractivity contribution in [3.05, 3.63) is 0 Å². The van der Waals surface area contributed by atoms with Crippen LogP contribution < -0.4 is 0 Å². The highest BCUT2D eigenvalue weighted by Gasteiger charge is 2.42. The van der Waals surface area contributed by atoms with E-state index in [1.165, 1.54) is 0 Å². The van der Waals surface area contributed by atoms with Gasteiger partial charge in [-0.15, -0.1) is 0 Å². The molecule has 0 spiro atoms. The molecule has 1 saturated heterocycles. The van der Waals surface area contributed by atoms with Crippen molar-refractivity contribution in [3.63, 3.8) is 0 Å². The van der Waals surface area contributed by atoms with E-state index < -0.39 is 12.4 Å². The summed E-state index contributed by atoms with van der Waals surface area (Å²) in [6.45, 7) is 5.78. The molecule has 0 bridgehead atoms. The molecule has 0 aromatic carbocycles. The van der Waals surface area contributed by atoms with Gasteiger partial charge in [0.25, 0.3) is 0 Å². The Kier molecular flexibility index (Phi) is 3.39. The molecule has 0 aromatic heterocycles. The first-order chi connectivity index (χ1) is 6.79. The molecule has 6 heteroatoms. The molecule has 84 valence electrons. The fraction of sp³-hybridized carbons (Fsp3) is 0.778. The van der Waals surface area contributed by atoms with Crippen molar-refractivity contribution in [1.29, 1.82) is 0 Å². The Bertz CT molecular complexity index is 254. The van der Waals surface area contributed by atoms with Crippen LogP contribution in [0.15, 0.2) is 0 Å². The van der Waals surface area contributed by atoms with E-state index in [-0.39, 0.29) is 25.0 Å². The van der Waals surface area contributed by atoms with E-state index in [4.69, 9.17) is 9.31 Å². The Morgan fingerprint density at radius 2 is 1.53 bits per heavy atom. The number of rotatable bonds is 0. The minimum atomic E-state index is -0.800. The molecule has 0 unspecified atom stereocenters. The molecule has 1 rings (SSSR count). The van der Waals surface area contributed by atoms with Crippen molar-refractivity contribution in [2.45, 2.75) is 26.1 Å². The molecule has 0 aromatic rings. The van der Waals surface area contributed by atoms with Crippen LogP contribution in [0.5, 0.6) is 0 Å². The van der Waals surface area contributed by atoms with E-state index in [0.717, 1.165) is 0 Å². The predicted octanol–water partition coefficient (Wildman–Crippen LogP) is 0.306. The monoisotopic (exact) mass is 213 g/mol. The van der Waals surface area contributed by atoms with Crippen molar-refractivity contribution >= 4 is 19.1 Å². The Labute approximate surface area is 89.9 Å². The first-order valence-corrected chi connectivity index (χ1v) is 4.86. The standard InChI is InChI=1S/C9H16BNO4/c1-9(2,3)10-14-7(12)5-11(4)6-8(13)15-10/h5-6H2,1-4H3. The summed E-state index contributed by atoms with van der Waals surface area (Å²) in [7, 11) is 0.867. The summed E-state index contributed by atoms with van der Waals surface area (Å²) >= 11 is 0. The molecule has 15 heavy (non-hydrogen) atoms. The van der Waals surface area contributed by atoms with Crippen LogP contribution in [0, 0.1) is 0 Å². The summed E-state index contributed by atoms with van der Waals surface area (Å²) in [5.74, 6) is -0.741. The first-order valence-electron chi connectivity index (χ1n) is 4.86. The van der Waals surface area contributed by atoms with Crippen LogP contribution in [0.2, 0.25) is 5.31 Å². The van der Waals surface area contributed by atoms with E-state index >= 15 is 0 Å². The second-order valence-corrected chi connectivity index (χ2v) is 4.85. The highest BCUT2D eigenvalue weighted by atomic mass is 16.6. The van der Waals surface area contributed by atoms with Crippen molar-refractivity contribution < 1.29 is 18.9 Å². The molecule has 1 aliphatic heterocycles. The zero-order chi connectivity index (χ0) is 11.6. The van der Waals surface area contributed by atoms with Crippen LogP contribution in [0.1, 0.15) is 20.8 Å². The Morgan fingerprint density at radius 1 is 1.13 bits per heavy atom. The van der Waals surface area contributed by atoms with Crippen LogP contribution in [-0.4, -0.2) is 44.1 Å². The molecule has 0 N–H and O–H groups in total. The summed E-state index contributed by atoms with van der Waals surface area (Å²) in [5, 5.41) is -0.402. The molecule has 1 aliphatic rings. The number of carbonyl (C=O) groups is 2. The van der Waals surface area contributed by atoms with Crippen LogP contribution in [0.3, 0.4) is 0 Å². The Balaban J connectivity index is 2.75. The molecule has 5 nitrogen and oxygen atoms in total. The van der Waals surface area contributed by atoms with Gasteiger partial charge in [0.05, 0.1) is 13.1 Å². The number of carbonyl (C=O) groups excluding carboxylic acids is 2. The minimum Gasteiger partial charge on any atom is -0.498 e. The van der Waals surface area contributed by atoms with Gasteiger partial charge in [-0.1, -0.05) is 20.8 Å². The van der Waals surface area contributed by atoms with E-state index in [9.17, 15) is 9.59 Å². The fourth-order valence-electron chi connectivity index (χ4n) is 1.19. The SMILES string of the molecule is CN1CC(=O)OB(C(C)(C)C)OC(=O)C1. The van der Waals surface area contributed by atoms with E-state index in [1.807, 2.05) is 20.8 Å². The summed E-state index contributed by atoms with van der Waals surface area (Å²) in [5.41, 5.74) is 0. The number of hydrogen-bond acceptors (Lipinski definition) is 5. The van der Waals surface area contributed by atoms with E-state index in [0.29, 0.717) is 0 Å². The van der Waals surface area contributed by atoms with Gasteiger partial charge in [0.15, 0.2) is 0 Å². The third kappa shape index (κ3) is 3.55. The Morgan fingerprint density at radius 3 is 1.87 bits per heavy atom. The van der Waals surface area contributed by atoms with E-state index in [1.54, 1.807) is 11.9 Å². The molecule has 1 fully saturated rings. The molecule has 0 saturated carbocycles. The maximum Gasteiger partial charge on any atom is 0.604 e. The number of nitrogens with zero attached hydrogens (tertiary/aromatic N) is 1. The van der Waals surface area contributed by atoms with Gasteiger partial charge < -0.3 is 9.31 Å². The third-order valence-electron chi connectivity index (χ3n) is 1.98. The van der Waals surface area contributed by atoms with Gasteiger partial charge in [0, 0.05) is 5.31 Å². The molecule has 0 radical (unpaired) electrons. The van der Waals surface area contributed by atoms with Gasteiger partial charge in [0.1, 0.15) is 0 Å². The second-order valence-electron chi connectivity index (χ2n) is 4.85. The topological polar surface area (TPSA) is 55.8 Å². The van der Waals surface area contributed by atoms with Crippen molar-refractivity contribution in [3.8, 4) is 0 Å². The highest BCUT2D eigenvalue weighted by molar-refractivity contribution is 6.52. The average molecular weight is 213 g/mol. The predicted molar refractivity (Wildman–Crippen MR) is 55.2 cm³/mol. The van der Waals surface area contributed by atoms with Crippen LogP contribution >= 0.6 is 0 Å². The fourth-order valence-corrected chi connectivity index (χ4v) is 1.19. The quantitative estimate of drug-likeness (QED) is 0.542. The van der Waals surface area contributed by atoms with Crippen molar-refractivity contribution in [1.82, 2.24) is 4.90 Å². The van der Waals surface area contributed by atoms with Gasteiger partial charge in [-0.2, -0.15) is 0 Å². The van der Waals surface area contributed by atoms with Gasteiger partial charge in [-0.05, 0) is 7.05 Å². The van der Waals surface area contributed by atoms with Gasteiger partial charge in [-0.3, -0.25) is 14.5 Å². The van der Waals surface area contributed by atoms with Gasteiger partial charge in [0.2, 0.25) is 0 Å². The lowest BCUT2D eigenvalue weighted by Crippen LogP contribution is -2.45. The Hall–Kier alpha value is -1.04. The largest absolute Gasteiger partial charge is 0.604 e. The molecular formula is C9H16BNO4. The number of likely N-dealkylation sites (N-methyl/N-ethyl adjacent to an activating group) is 1. The smallest absolute Gasteiger partial charge is 0.498 e. The zero-order valence-electron chi connectivity index (χ0n) is 9.57. The van der Waals surface area contributed by atoms with Gasteiger partial charge in [-0.25, -0.2) is 0 Å². The van der Waals surface area contributed by atoms with Crippen LogP contribution in [0.25, 0.3) is 0 Å². The lowest BCUT2D eigenvalue weighted by molar-refractivity contribution is -0.146. The lowest BCUT2D eigenvalue weighted by Gasteiger charge is -2.28. The van der Waals surface area contributed by atoms with Crippen LogP contribution in [-0.2, 0) is 18.9 Å². The van der Waals surface area contributed by atoms with Crippen LogP contribution in [0.4, 0.5) is 0 Å². The molecule has 1 heterocycles.